The van der Waals surface area contributed by atoms with Crippen molar-refractivity contribution in [2.24, 2.45) is 5.14 Å². The summed E-state index contributed by atoms with van der Waals surface area (Å²) in [6.45, 7) is 0. The number of hydrogen-bond donors (Lipinski definition) is 3. The molecule has 0 amide bonds. The van der Waals surface area contributed by atoms with Gasteiger partial charge in [-0.2, -0.15) is 8.42 Å². The molecule has 4 N–H and O–H groups in total. The van der Waals surface area contributed by atoms with Crippen molar-refractivity contribution in [2.45, 2.75) is 9.79 Å². The summed E-state index contributed by atoms with van der Waals surface area (Å²) in [7, 11) is -9.28. The number of phenols is 1. The van der Waals surface area contributed by atoms with Gasteiger partial charge in [-0.15, -0.1) is 0 Å². The first-order chi connectivity index (χ1) is 10.0. The molecule has 0 aromatic heterocycles. The molecule has 0 saturated carbocycles. The fourth-order valence-electron chi connectivity index (χ4n) is 1.94. The second-order valence-corrected chi connectivity index (χ2v) is 7.21. The van der Waals surface area contributed by atoms with E-state index in [1.54, 1.807) is 0 Å². The van der Waals surface area contributed by atoms with Crippen LogP contribution in [0.5, 0.6) is 5.75 Å². The SMILES string of the molecule is NS(=O)(=O)c1cccc(S(=O)(=O)O)c1-c1cccc(O)c1F. The first kappa shape index (κ1) is 16.4. The summed E-state index contributed by atoms with van der Waals surface area (Å²) in [6, 6.07) is 6.11. The van der Waals surface area contributed by atoms with Gasteiger partial charge in [0.2, 0.25) is 10.0 Å². The molecule has 0 bridgehead atoms. The van der Waals surface area contributed by atoms with Crippen LogP contribution >= 0.6 is 0 Å². The largest absolute Gasteiger partial charge is 0.505 e. The fraction of sp³-hybridized carbons (Fsp3) is 0. The molecule has 0 spiro atoms. The van der Waals surface area contributed by atoms with Crippen LogP contribution in [0, 0.1) is 5.82 Å². The third-order valence-corrected chi connectivity index (χ3v) is 4.67. The molecule has 0 aliphatic heterocycles. The number of benzene rings is 2. The van der Waals surface area contributed by atoms with Crippen molar-refractivity contribution in [2.75, 3.05) is 0 Å². The second-order valence-electron chi connectivity index (χ2n) is 4.29. The van der Waals surface area contributed by atoms with Gasteiger partial charge >= 0.3 is 0 Å². The van der Waals surface area contributed by atoms with Crippen LogP contribution in [-0.4, -0.2) is 26.5 Å². The van der Waals surface area contributed by atoms with Gasteiger partial charge in [0.05, 0.1) is 4.90 Å². The van der Waals surface area contributed by atoms with Gasteiger partial charge in [0.25, 0.3) is 10.1 Å². The summed E-state index contributed by atoms with van der Waals surface area (Å²) in [6.07, 6.45) is 0. The van der Waals surface area contributed by atoms with E-state index in [0.717, 1.165) is 30.3 Å². The minimum Gasteiger partial charge on any atom is -0.505 e. The average Bonchev–Trinajstić information content (AvgIpc) is 2.39. The van der Waals surface area contributed by atoms with Crippen LogP contribution in [0.3, 0.4) is 0 Å². The van der Waals surface area contributed by atoms with Crippen LogP contribution in [0.1, 0.15) is 0 Å². The van der Waals surface area contributed by atoms with Crippen molar-refractivity contribution < 1.29 is 30.9 Å². The van der Waals surface area contributed by atoms with E-state index in [-0.39, 0.29) is 0 Å². The Balaban J connectivity index is 3.04. The van der Waals surface area contributed by atoms with Gasteiger partial charge in [-0.1, -0.05) is 18.2 Å². The highest BCUT2D eigenvalue weighted by Crippen LogP contribution is 2.36. The van der Waals surface area contributed by atoms with Gasteiger partial charge in [0.1, 0.15) is 4.90 Å². The van der Waals surface area contributed by atoms with E-state index in [9.17, 15) is 30.9 Å². The van der Waals surface area contributed by atoms with Crippen molar-refractivity contribution in [1.82, 2.24) is 0 Å². The minimum atomic E-state index is -4.86. The highest BCUT2D eigenvalue weighted by atomic mass is 32.2. The quantitative estimate of drug-likeness (QED) is 0.711. The number of primary sulfonamides is 1. The number of nitrogens with two attached hydrogens (primary N) is 1. The number of hydrogen-bond acceptors (Lipinski definition) is 5. The van der Waals surface area contributed by atoms with E-state index in [0.29, 0.717) is 0 Å². The highest BCUT2D eigenvalue weighted by molar-refractivity contribution is 7.89. The number of phenolic OH excluding ortho intramolecular Hbond substituents is 1. The Bertz CT molecular complexity index is 903. The van der Waals surface area contributed by atoms with E-state index in [4.69, 9.17) is 5.14 Å². The average molecular weight is 347 g/mol. The van der Waals surface area contributed by atoms with Crippen LogP contribution in [-0.2, 0) is 20.1 Å². The Labute approximate surface area is 125 Å². The molecule has 0 heterocycles. The lowest BCUT2D eigenvalue weighted by molar-refractivity contribution is 0.433. The monoisotopic (exact) mass is 347 g/mol. The molecule has 0 saturated heterocycles. The Kier molecular flexibility index (Phi) is 3.96. The molecule has 118 valence electrons. The zero-order chi connectivity index (χ0) is 16.7. The third-order valence-electron chi connectivity index (χ3n) is 2.82. The lowest BCUT2D eigenvalue weighted by Crippen LogP contribution is -2.15. The molecule has 0 unspecified atom stereocenters. The third kappa shape index (κ3) is 2.95. The molecule has 22 heavy (non-hydrogen) atoms. The molecular weight excluding hydrogens is 337 g/mol. The van der Waals surface area contributed by atoms with Crippen LogP contribution in [0.2, 0.25) is 0 Å². The molecule has 2 rings (SSSR count). The number of aromatic hydroxyl groups is 1. The van der Waals surface area contributed by atoms with Crippen molar-refractivity contribution in [3.8, 4) is 16.9 Å². The standard InChI is InChI=1S/C12H10FNO6S2/c13-12-7(3-1-4-8(12)15)11-9(21(14,16)17)5-2-6-10(11)22(18,19)20/h1-6,15H,(H2,14,16,17)(H,18,19,20). The Hall–Kier alpha value is -2.01. The molecule has 7 nitrogen and oxygen atoms in total. The molecule has 0 fully saturated rings. The Morgan fingerprint density at radius 3 is 2.05 bits per heavy atom. The minimum absolute atomic E-state index is 0.530. The second kappa shape index (κ2) is 5.32. The zero-order valence-corrected chi connectivity index (χ0v) is 12.4. The Morgan fingerprint density at radius 2 is 1.50 bits per heavy atom. The normalized spacial score (nSPS) is 12.3. The van der Waals surface area contributed by atoms with E-state index in [2.05, 4.69) is 0 Å². The number of halogens is 1. The smallest absolute Gasteiger partial charge is 0.295 e. The van der Waals surface area contributed by atoms with Gasteiger partial charge in [-0.3, -0.25) is 4.55 Å². The zero-order valence-electron chi connectivity index (χ0n) is 10.8. The van der Waals surface area contributed by atoms with Crippen LogP contribution in [0.4, 0.5) is 4.39 Å². The number of rotatable bonds is 3. The molecule has 0 atom stereocenters. The summed E-state index contributed by atoms with van der Waals surface area (Å²) < 4.78 is 69.4. The topological polar surface area (TPSA) is 135 Å². The van der Waals surface area contributed by atoms with Crippen LogP contribution in [0.25, 0.3) is 11.1 Å². The lowest BCUT2D eigenvalue weighted by Gasteiger charge is -2.13. The molecule has 0 radical (unpaired) electrons. The maximum Gasteiger partial charge on any atom is 0.295 e. The van der Waals surface area contributed by atoms with Crippen molar-refractivity contribution >= 4 is 20.1 Å². The molecule has 2 aromatic carbocycles. The van der Waals surface area contributed by atoms with Crippen LogP contribution in [0.15, 0.2) is 46.2 Å². The molecule has 10 heteroatoms. The van der Waals surface area contributed by atoms with Crippen molar-refractivity contribution in [1.29, 1.82) is 0 Å². The van der Waals surface area contributed by atoms with E-state index < -0.39 is 52.6 Å². The van der Waals surface area contributed by atoms with Gasteiger partial charge in [-0.25, -0.2) is 17.9 Å². The van der Waals surface area contributed by atoms with Crippen LogP contribution < -0.4 is 5.14 Å². The predicted molar refractivity (Wildman–Crippen MR) is 74.7 cm³/mol. The summed E-state index contributed by atoms with van der Waals surface area (Å²) >= 11 is 0. The molecular formula is C12H10FNO6S2. The maximum absolute atomic E-state index is 14.1. The van der Waals surface area contributed by atoms with E-state index in [1.165, 1.54) is 6.07 Å². The molecule has 0 aliphatic carbocycles. The van der Waals surface area contributed by atoms with E-state index >= 15 is 0 Å². The van der Waals surface area contributed by atoms with Gasteiger partial charge in [0, 0.05) is 11.1 Å². The van der Waals surface area contributed by atoms with Gasteiger partial charge < -0.3 is 5.11 Å². The van der Waals surface area contributed by atoms with Crippen molar-refractivity contribution in [3.63, 3.8) is 0 Å². The lowest BCUT2D eigenvalue weighted by atomic mass is 10.0. The van der Waals surface area contributed by atoms with E-state index in [1.807, 2.05) is 0 Å². The first-order valence-corrected chi connectivity index (χ1v) is 8.63. The summed E-state index contributed by atoms with van der Waals surface area (Å²) in [5.74, 6) is -2.06. The summed E-state index contributed by atoms with van der Waals surface area (Å²) in [5.41, 5.74) is -1.18. The van der Waals surface area contributed by atoms with Crippen molar-refractivity contribution in [3.05, 3.63) is 42.2 Å². The highest BCUT2D eigenvalue weighted by Gasteiger charge is 2.27. The molecule has 2 aromatic rings. The summed E-state index contributed by atoms with van der Waals surface area (Å²) in [4.78, 5) is -1.55. The fourth-order valence-corrected chi connectivity index (χ4v) is 3.51. The molecule has 0 aliphatic rings. The first-order valence-electron chi connectivity index (χ1n) is 5.64. The maximum atomic E-state index is 14.1. The predicted octanol–water partition coefficient (Wildman–Crippen LogP) is 1.09. The van der Waals surface area contributed by atoms with Gasteiger partial charge in [-0.05, 0) is 18.2 Å². The number of sulfonamides is 1. The summed E-state index contributed by atoms with van der Waals surface area (Å²) in [5, 5.41) is 14.4. The van der Waals surface area contributed by atoms with Gasteiger partial charge in [0.15, 0.2) is 11.6 Å². The Morgan fingerprint density at radius 1 is 0.955 bits per heavy atom.